The lowest BCUT2D eigenvalue weighted by atomic mass is 10.1. The summed E-state index contributed by atoms with van der Waals surface area (Å²) >= 11 is 0. The maximum absolute atomic E-state index is 13.4. The normalized spacial score (nSPS) is 12.6. The van der Waals surface area contributed by atoms with Crippen molar-refractivity contribution in [2.24, 2.45) is 5.92 Å². The number of hydrogen-bond acceptors (Lipinski definition) is 4. The fraction of sp³-hybridized carbons (Fsp3) is 0.455. The molecule has 1 rings (SSSR count). The number of aliphatic hydroxyl groups is 1. The zero-order valence-corrected chi connectivity index (χ0v) is 9.98. The Labute approximate surface area is 103 Å². The number of nitrogens with one attached hydrogen (secondary N) is 1. The summed E-state index contributed by atoms with van der Waals surface area (Å²) in [6.07, 6.45) is -0.765. The SMILES string of the molecule is CC(C)C(O)CNc1c(F)cc([N+](=O)[O-])cc1F. The van der Waals surface area contributed by atoms with Gasteiger partial charge in [-0.2, -0.15) is 0 Å². The molecule has 0 saturated heterocycles. The van der Waals surface area contributed by atoms with Gasteiger partial charge < -0.3 is 10.4 Å². The number of anilines is 1. The highest BCUT2D eigenvalue weighted by Gasteiger charge is 2.18. The van der Waals surface area contributed by atoms with Gasteiger partial charge in [-0.25, -0.2) is 8.78 Å². The van der Waals surface area contributed by atoms with E-state index in [1.807, 2.05) is 0 Å². The predicted molar refractivity (Wildman–Crippen MR) is 62.3 cm³/mol. The lowest BCUT2D eigenvalue weighted by molar-refractivity contribution is -0.385. The molecular formula is C11H14F2N2O3. The molecule has 0 radical (unpaired) electrons. The average Bonchev–Trinajstić information content (AvgIpc) is 2.26. The van der Waals surface area contributed by atoms with Crippen molar-refractivity contribution in [3.8, 4) is 0 Å². The topological polar surface area (TPSA) is 75.4 Å². The molecular weight excluding hydrogens is 246 g/mol. The van der Waals surface area contributed by atoms with Crippen LogP contribution in [0.2, 0.25) is 0 Å². The van der Waals surface area contributed by atoms with Crippen LogP contribution in [0.3, 0.4) is 0 Å². The van der Waals surface area contributed by atoms with Crippen LogP contribution in [-0.4, -0.2) is 22.7 Å². The molecule has 1 aromatic rings. The molecule has 2 N–H and O–H groups in total. The molecule has 0 aliphatic heterocycles. The number of halogens is 2. The van der Waals surface area contributed by atoms with Crippen LogP contribution in [0.25, 0.3) is 0 Å². The van der Waals surface area contributed by atoms with Crippen molar-refractivity contribution in [1.29, 1.82) is 0 Å². The summed E-state index contributed by atoms with van der Waals surface area (Å²) in [6, 6.07) is 1.26. The van der Waals surface area contributed by atoms with E-state index in [1.165, 1.54) is 0 Å². The van der Waals surface area contributed by atoms with E-state index in [1.54, 1.807) is 13.8 Å². The van der Waals surface area contributed by atoms with Crippen LogP contribution >= 0.6 is 0 Å². The van der Waals surface area contributed by atoms with E-state index in [0.29, 0.717) is 12.1 Å². The standard InChI is InChI=1S/C11H14F2N2O3/c1-6(2)10(16)5-14-11-8(12)3-7(15(17)18)4-9(11)13/h3-4,6,10,14,16H,5H2,1-2H3. The summed E-state index contributed by atoms with van der Waals surface area (Å²) in [4.78, 5) is 9.51. The van der Waals surface area contributed by atoms with Crippen molar-refractivity contribution in [1.82, 2.24) is 0 Å². The Morgan fingerprint density at radius 1 is 1.39 bits per heavy atom. The van der Waals surface area contributed by atoms with Gasteiger partial charge in [0, 0.05) is 6.54 Å². The summed E-state index contributed by atoms with van der Waals surface area (Å²) in [6.45, 7) is 3.48. The van der Waals surface area contributed by atoms with E-state index < -0.39 is 34.0 Å². The molecule has 0 aromatic heterocycles. The van der Waals surface area contributed by atoms with Crippen LogP contribution in [0.4, 0.5) is 20.2 Å². The number of nitro groups is 1. The van der Waals surface area contributed by atoms with Crippen LogP contribution in [0.5, 0.6) is 0 Å². The first-order chi connectivity index (χ1) is 8.32. The molecule has 1 aromatic carbocycles. The molecule has 0 aliphatic rings. The van der Waals surface area contributed by atoms with Gasteiger partial charge in [-0.15, -0.1) is 0 Å². The zero-order chi connectivity index (χ0) is 13.9. The molecule has 0 heterocycles. The number of rotatable bonds is 5. The van der Waals surface area contributed by atoms with Gasteiger partial charge in [0.05, 0.1) is 23.2 Å². The second-order valence-electron chi connectivity index (χ2n) is 4.23. The van der Waals surface area contributed by atoms with Crippen LogP contribution < -0.4 is 5.32 Å². The zero-order valence-electron chi connectivity index (χ0n) is 9.98. The fourth-order valence-corrected chi connectivity index (χ4v) is 1.28. The van der Waals surface area contributed by atoms with E-state index in [9.17, 15) is 24.0 Å². The van der Waals surface area contributed by atoms with Gasteiger partial charge in [0.25, 0.3) is 5.69 Å². The molecule has 0 saturated carbocycles. The molecule has 0 aliphatic carbocycles. The Bertz CT molecular complexity index is 429. The van der Waals surface area contributed by atoms with Gasteiger partial charge >= 0.3 is 0 Å². The highest BCUT2D eigenvalue weighted by atomic mass is 19.1. The van der Waals surface area contributed by atoms with Crippen molar-refractivity contribution in [3.05, 3.63) is 33.9 Å². The minimum absolute atomic E-state index is 0.0384. The van der Waals surface area contributed by atoms with Crippen LogP contribution in [0.15, 0.2) is 12.1 Å². The molecule has 0 spiro atoms. The van der Waals surface area contributed by atoms with E-state index in [0.717, 1.165) is 0 Å². The van der Waals surface area contributed by atoms with Crippen molar-refractivity contribution < 1.29 is 18.8 Å². The smallest absolute Gasteiger partial charge is 0.275 e. The maximum Gasteiger partial charge on any atom is 0.275 e. The summed E-state index contributed by atoms with van der Waals surface area (Å²) in [5, 5.41) is 22.3. The maximum atomic E-state index is 13.4. The third-order valence-electron chi connectivity index (χ3n) is 2.50. The summed E-state index contributed by atoms with van der Waals surface area (Å²) < 4.78 is 26.9. The Kier molecular flexibility index (Phi) is 4.55. The van der Waals surface area contributed by atoms with Crippen LogP contribution in [0.1, 0.15) is 13.8 Å². The molecule has 5 nitrogen and oxygen atoms in total. The predicted octanol–water partition coefficient (Wildman–Crippen LogP) is 2.30. The van der Waals surface area contributed by atoms with Crippen molar-refractivity contribution in [3.63, 3.8) is 0 Å². The first kappa shape index (κ1) is 14.3. The lowest BCUT2D eigenvalue weighted by Gasteiger charge is -2.16. The van der Waals surface area contributed by atoms with E-state index in [4.69, 9.17) is 0 Å². The number of nitro benzene ring substituents is 1. The second-order valence-corrected chi connectivity index (χ2v) is 4.23. The summed E-state index contributed by atoms with van der Waals surface area (Å²) in [7, 11) is 0. The Morgan fingerprint density at radius 3 is 2.28 bits per heavy atom. The van der Waals surface area contributed by atoms with Gasteiger partial charge in [0.15, 0.2) is 11.6 Å². The molecule has 0 bridgehead atoms. The summed E-state index contributed by atoms with van der Waals surface area (Å²) in [5.74, 6) is -2.18. The number of benzene rings is 1. The summed E-state index contributed by atoms with van der Waals surface area (Å²) in [5.41, 5.74) is -1.12. The third-order valence-corrected chi connectivity index (χ3v) is 2.50. The molecule has 100 valence electrons. The van der Waals surface area contributed by atoms with E-state index in [2.05, 4.69) is 5.32 Å². The fourth-order valence-electron chi connectivity index (χ4n) is 1.28. The molecule has 0 fully saturated rings. The van der Waals surface area contributed by atoms with Crippen LogP contribution in [0, 0.1) is 27.7 Å². The van der Waals surface area contributed by atoms with Gasteiger partial charge in [-0.05, 0) is 5.92 Å². The van der Waals surface area contributed by atoms with Gasteiger partial charge in [0.2, 0.25) is 0 Å². The number of non-ortho nitro benzene ring substituents is 1. The molecule has 1 atom stereocenters. The van der Waals surface area contributed by atoms with Crippen molar-refractivity contribution in [2.45, 2.75) is 20.0 Å². The molecule has 7 heteroatoms. The number of nitrogens with zero attached hydrogens (tertiary/aromatic N) is 1. The van der Waals surface area contributed by atoms with E-state index in [-0.39, 0.29) is 12.5 Å². The van der Waals surface area contributed by atoms with Crippen molar-refractivity contribution >= 4 is 11.4 Å². The Hall–Kier alpha value is -1.76. The average molecular weight is 260 g/mol. The first-order valence-corrected chi connectivity index (χ1v) is 5.38. The lowest BCUT2D eigenvalue weighted by Crippen LogP contribution is -2.25. The molecule has 18 heavy (non-hydrogen) atoms. The highest BCUT2D eigenvalue weighted by Crippen LogP contribution is 2.24. The molecule has 1 unspecified atom stereocenters. The van der Waals surface area contributed by atoms with E-state index >= 15 is 0 Å². The quantitative estimate of drug-likeness (QED) is 0.629. The number of aliphatic hydroxyl groups excluding tert-OH is 1. The molecule has 0 amide bonds. The van der Waals surface area contributed by atoms with Gasteiger partial charge in [0.1, 0.15) is 5.69 Å². The first-order valence-electron chi connectivity index (χ1n) is 5.38. The highest BCUT2D eigenvalue weighted by molar-refractivity contribution is 5.51. The second kappa shape index (κ2) is 5.72. The van der Waals surface area contributed by atoms with Crippen molar-refractivity contribution in [2.75, 3.05) is 11.9 Å². The largest absolute Gasteiger partial charge is 0.391 e. The monoisotopic (exact) mass is 260 g/mol. The van der Waals surface area contributed by atoms with Gasteiger partial charge in [-0.1, -0.05) is 13.8 Å². The minimum Gasteiger partial charge on any atom is -0.391 e. The number of hydrogen-bond donors (Lipinski definition) is 2. The Morgan fingerprint density at radius 2 is 1.89 bits per heavy atom. The minimum atomic E-state index is -1.06. The Balaban J connectivity index is 2.87. The third kappa shape index (κ3) is 3.36. The van der Waals surface area contributed by atoms with Crippen LogP contribution in [-0.2, 0) is 0 Å². The van der Waals surface area contributed by atoms with Gasteiger partial charge in [-0.3, -0.25) is 10.1 Å².